The summed E-state index contributed by atoms with van der Waals surface area (Å²) in [5, 5.41) is 11.9. The lowest BCUT2D eigenvalue weighted by molar-refractivity contribution is -0.188. The molecule has 3 aliphatic heterocycles. The Balaban J connectivity index is 1.63. The Morgan fingerprint density at radius 1 is 1.20 bits per heavy atom. The fraction of sp³-hybridized carbons (Fsp3) is 0.690. The lowest BCUT2D eigenvalue weighted by Gasteiger charge is -2.30. The Morgan fingerprint density at radius 2 is 1.98 bits per heavy atom. The Labute approximate surface area is 236 Å². The summed E-state index contributed by atoms with van der Waals surface area (Å²) in [7, 11) is 1.53. The van der Waals surface area contributed by atoms with E-state index in [1.807, 2.05) is 43.6 Å². The number of nitrogens with zero attached hydrogens (tertiary/aromatic N) is 3. The second kappa shape index (κ2) is 12.6. The summed E-state index contributed by atoms with van der Waals surface area (Å²) in [6, 6.07) is 3.15. The molecule has 11 heteroatoms. The number of rotatable bonds is 13. The number of carboxylic acid groups (broad SMARTS) is 1. The molecule has 1 aromatic carbocycles. The molecule has 2 saturated heterocycles. The molecule has 3 aliphatic rings. The van der Waals surface area contributed by atoms with Crippen LogP contribution in [0.2, 0.25) is 0 Å². The molecule has 0 bridgehead atoms. The molecule has 0 aromatic heterocycles. The van der Waals surface area contributed by atoms with Gasteiger partial charge in [-0.1, -0.05) is 27.7 Å². The maximum atomic E-state index is 13.4. The summed E-state index contributed by atoms with van der Waals surface area (Å²) in [6.45, 7) is 10.3. The number of hydrogen-bond acceptors (Lipinski definition) is 8. The van der Waals surface area contributed by atoms with Crippen LogP contribution in [0.4, 0.5) is 0 Å². The summed E-state index contributed by atoms with van der Waals surface area (Å²) in [5.74, 6) is -0.810. The number of ether oxygens (including phenoxy) is 3. The second-order valence-electron chi connectivity index (χ2n) is 11.5. The van der Waals surface area contributed by atoms with Crippen LogP contribution in [0.15, 0.2) is 12.1 Å². The third-order valence-corrected chi connectivity index (χ3v) is 8.20. The maximum absolute atomic E-state index is 13.4. The molecule has 11 nitrogen and oxygen atoms in total. The van der Waals surface area contributed by atoms with E-state index in [0.29, 0.717) is 56.5 Å². The molecule has 2 fully saturated rings. The number of amides is 2. The van der Waals surface area contributed by atoms with Crippen LogP contribution in [-0.4, -0.2) is 97.0 Å². The number of hydrogen-bond donors (Lipinski definition) is 1. The third-order valence-electron chi connectivity index (χ3n) is 8.20. The Morgan fingerprint density at radius 3 is 2.60 bits per heavy atom. The molecule has 3 atom stereocenters. The highest BCUT2D eigenvalue weighted by Gasteiger charge is 2.48. The molecular formula is C29H43N3O8. The first-order valence-corrected chi connectivity index (χ1v) is 14.3. The number of likely N-dealkylation sites (tertiary alicyclic amines) is 2. The van der Waals surface area contributed by atoms with Crippen molar-refractivity contribution >= 4 is 17.8 Å². The molecule has 4 rings (SSSR count). The third kappa shape index (κ3) is 6.15. The molecule has 0 aliphatic carbocycles. The van der Waals surface area contributed by atoms with Gasteiger partial charge in [0.15, 0.2) is 11.5 Å². The smallest absolute Gasteiger partial charge is 0.308 e. The van der Waals surface area contributed by atoms with Crippen LogP contribution in [0, 0.1) is 11.3 Å². The van der Waals surface area contributed by atoms with Crippen molar-refractivity contribution < 1.29 is 38.5 Å². The van der Waals surface area contributed by atoms with E-state index in [2.05, 4.69) is 0 Å². The summed E-state index contributed by atoms with van der Waals surface area (Å²) < 4.78 is 16.7. The van der Waals surface area contributed by atoms with Gasteiger partial charge < -0.3 is 24.2 Å². The van der Waals surface area contributed by atoms with Crippen LogP contribution in [0.3, 0.4) is 0 Å². The van der Waals surface area contributed by atoms with E-state index in [1.54, 1.807) is 6.07 Å². The Kier molecular flexibility index (Phi) is 9.45. The first-order valence-electron chi connectivity index (χ1n) is 14.3. The number of carbonyl (C=O) groups is 3. The minimum atomic E-state index is -0.942. The molecule has 0 radical (unpaired) electrons. The molecule has 1 aromatic rings. The first-order chi connectivity index (χ1) is 19.1. The zero-order chi connectivity index (χ0) is 29.0. The Hall–Kier alpha value is -3.05. The van der Waals surface area contributed by atoms with Crippen LogP contribution < -0.4 is 14.2 Å². The van der Waals surface area contributed by atoms with Gasteiger partial charge in [-0.3, -0.25) is 24.1 Å². The van der Waals surface area contributed by atoms with Gasteiger partial charge in [0.1, 0.15) is 0 Å². The van der Waals surface area contributed by atoms with Crippen molar-refractivity contribution in [1.82, 2.24) is 14.9 Å². The van der Waals surface area contributed by atoms with Crippen LogP contribution in [0.1, 0.15) is 64.9 Å². The van der Waals surface area contributed by atoms with Crippen LogP contribution >= 0.6 is 0 Å². The van der Waals surface area contributed by atoms with Gasteiger partial charge >= 0.3 is 5.97 Å². The summed E-state index contributed by atoms with van der Waals surface area (Å²) in [5.41, 5.74) is 0.333. The predicted molar refractivity (Wildman–Crippen MR) is 146 cm³/mol. The number of aliphatic carboxylic acids is 1. The average molecular weight is 562 g/mol. The van der Waals surface area contributed by atoms with Gasteiger partial charge in [0, 0.05) is 43.6 Å². The fourth-order valence-electron chi connectivity index (χ4n) is 6.03. The normalized spacial score (nSPS) is 23.6. The van der Waals surface area contributed by atoms with Gasteiger partial charge in [-0.2, -0.15) is 0 Å². The van der Waals surface area contributed by atoms with Gasteiger partial charge in [0.2, 0.25) is 18.4 Å². The number of carbonyl (C=O) groups excluding carboxylic acids is 2. The van der Waals surface area contributed by atoms with E-state index in [1.165, 1.54) is 12.2 Å². The lowest BCUT2D eigenvalue weighted by Crippen LogP contribution is -2.45. The zero-order valence-electron chi connectivity index (χ0n) is 24.3. The predicted octanol–water partition coefficient (Wildman–Crippen LogP) is 3.12. The van der Waals surface area contributed by atoms with Crippen molar-refractivity contribution in [1.29, 1.82) is 0 Å². The molecular weight excluding hydrogens is 518 g/mol. The SMILES string of the molecule is CCCON(CCC)C(=O)CN1C[C@H](c2cc(OC)c3c(c2)OCO3)C(C(=O)O)[C@@H]1CCN1CCC(C)(C)C1=O. The number of hydroxylamine groups is 2. The Bertz CT molecular complexity index is 1090. The van der Waals surface area contributed by atoms with E-state index >= 15 is 0 Å². The fourth-order valence-corrected chi connectivity index (χ4v) is 6.03. The van der Waals surface area contributed by atoms with Gasteiger partial charge in [-0.05, 0) is 43.4 Å². The lowest BCUT2D eigenvalue weighted by atomic mass is 9.84. The van der Waals surface area contributed by atoms with Crippen molar-refractivity contribution in [2.75, 3.05) is 53.2 Å². The van der Waals surface area contributed by atoms with Crippen LogP contribution in [-0.2, 0) is 19.2 Å². The van der Waals surface area contributed by atoms with Crippen molar-refractivity contribution in [2.24, 2.45) is 11.3 Å². The van der Waals surface area contributed by atoms with Gasteiger partial charge in [-0.25, -0.2) is 5.06 Å². The van der Waals surface area contributed by atoms with Gasteiger partial charge in [0.05, 0.1) is 26.2 Å². The van der Waals surface area contributed by atoms with Gasteiger partial charge in [0.25, 0.3) is 5.91 Å². The topological polar surface area (TPSA) is 118 Å². The second-order valence-corrected chi connectivity index (χ2v) is 11.5. The van der Waals surface area contributed by atoms with Crippen molar-refractivity contribution in [3.05, 3.63) is 17.7 Å². The molecule has 1 N–H and O–H groups in total. The number of methoxy groups -OCH3 is 1. The highest BCUT2D eigenvalue weighted by atomic mass is 16.7. The summed E-state index contributed by atoms with van der Waals surface area (Å²) in [4.78, 5) is 48.7. The first kappa shape index (κ1) is 29.9. The molecule has 0 saturated carbocycles. The van der Waals surface area contributed by atoms with E-state index in [-0.39, 0.29) is 25.2 Å². The largest absolute Gasteiger partial charge is 0.493 e. The van der Waals surface area contributed by atoms with Crippen LogP contribution in [0.5, 0.6) is 17.2 Å². The molecule has 0 spiro atoms. The summed E-state index contributed by atoms with van der Waals surface area (Å²) >= 11 is 0. The highest BCUT2D eigenvalue weighted by Crippen LogP contribution is 2.47. The minimum absolute atomic E-state index is 0.0236. The number of fused-ring (bicyclic) bond motifs is 1. The number of benzene rings is 1. The maximum Gasteiger partial charge on any atom is 0.308 e. The molecule has 40 heavy (non-hydrogen) atoms. The van der Waals surface area contributed by atoms with E-state index in [4.69, 9.17) is 19.0 Å². The quantitative estimate of drug-likeness (QED) is 0.363. The van der Waals surface area contributed by atoms with E-state index in [9.17, 15) is 19.5 Å². The van der Waals surface area contributed by atoms with E-state index in [0.717, 1.165) is 24.8 Å². The highest BCUT2D eigenvalue weighted by molar-refractivity contribution is 5.84. The monoisotopic (exact) mass is 561 g/mol. The van der Waals surface area contributed by atoms with E-state index < -0.39 is 29.3 Å². The molecule has 2 amide bonds. The average Bonchev–Trinajstić information content (AvgIpc) is 3.61. The molecule has 3 heterocycles. The number of carboxylic acids is 1. The van der Waals surface area contributed by atoms with Crippen LogP contribution in [0.25, 0.3) is 0 Å². The zero-order valence-corrected chi connectivity index (χ0v) is 24.3. The van der Waals surface area contributed by atoms with Crippen molar-refractivity contribution in [3.63, 3.8) is 0 Å². The van der Waals surface area contributed by atoms with Gasteiger partial charge in [-0.15, -0.1) is 0 Å². The standard InChI is InChI=1S/C29H43N3O8/c1-6-10-32(40-13-7-2)24(33)17-31-16-20(19-14-22(37-5)26-23(15-19)38-18-39-26)25(27(34)35)21(31)8-11-30-12-9-29(3,4)28(30)36/h14-15,20-21,25H,6-13,16-18H2,1-5H3,(H,34,35)/t20-,21+,25?/m1/s1. The van der Waals surface area contributed by atoms with Crippen molar-refractivity contribution in [3.8, 4) is 17.2 Å². The minimum Gasteiger partial charge on any atom is -0.493 e. The molecule has 222 valence electrons. The molecule has 1 unspecified atom stereocenters. The summed E-state index contributed by atoms with van der Waals surface area (Å²) in [6.07, 6.45) is 2.72. The van der Waals surface area contributed by atoms with Crippen molar-refractivity contribution in [2.45, 2.75) is 65.3 Å².